The zero-order chi connectivity index (χ0) is 17.4. The van der Waals surface area contributed by atoms with E-state index in [4.69, 9.17) is 9.84 Å². The lowest BCUT2D eigenvalue weighted by atomic mass is 9.98. The van der Waals surface area contributed by atoms with Gasteiger partial charge in [-0.3, -0.25) is 4.79 Å². The second-order valence-corrected chi connectivity index (χ2v) is 6.38. The lowest BCUT2D eigenvalue weighted by Crippen LogP contribution is -2.51. The number of nitrogens with one attached hydrogen (secondary N) is 2. The molecule has 3 unspecified atom stereocenters. The van der Waals surface area contributed by atoms with E-state index in [1.807, 2.05) is 30.3 Å². The molecule has 1 saturated heterocycles. The number of urea groups is 1. The number of hydrogen-bond acceptors (Lipinski definition) is 3. The number of aliphatic carboxylic acids is 1. The van der Waals surface area contributed by atoms with Gasteiger partial charge in [-0.2, -0.15) is 0 Å². The first kappa shape index (κ1) is 18.3. The summed E-state index contributed by atoms with van der Waals surface area (Å²) >= 11 is 0. The molecule has 1 aliphatic heterocycles. The minimum Gasteiger partial charge on any atom is -0.481 e. The number of rotatable bonds is 7. The molecule has 0 aromatic heterocycles. The van der Waals surface area contributed by atoms with Gasteiger partial charge in [-0.25, -0.2) is 4.79 Å². The molecule has 3 N–H and O–H groups in total. The van der Waals surface area contributed by atoms with Gasteiger partial charge < -0.3 is 20.5 Å². The standard InChI is InChI=1S/C18H26N2O4/c1-13-12-24-10-9-16(13)20-18(23)19-15(7-8-17(21)22)11-14-5-3-2-4-6-14/h2-6,13,15-16H,7-12H2,1H3,(H,21,22)(H2,19,20,23). The van der Waals surface area contributed by atoms with E-state index in [1.165, 1.54) is 0 Å². The molecule has 1 heterocycles. The van der Waals surface area contributed by atoms with Crippen molar-refractivity contribution in [2.75, 3.05) is 13.2 Å². The predicted octanol–water partition coefficient (Wildman–Crippen LogP) is 2.19. The Labute approximate surface area is 142 Å². The highest BCUT2D eigenvalue weighted by atomic mass is 16.5. The van der Waals surface area contributed by atoms with E-state index in [0.717, 1.165) is 12.0 Å². The number of hydrogen-bond donors (Lipinski definition) is 3. The van der Waals surface area contributed by atoms with Crippen molar-refractivity contribution >= 4 is 12.0 Å². The Hall–Kier alpha value is -2.08. The highest BCUT2D eigenvalue weighted by Gasteiger charge is 2.24. The number of amides is 2. The maximum atomic E-state index is 12.3. The molecule has 24 heavy (non-hydrogen) atoms. The van der Waals surface area contributed by atoms with Crippen molar-refractivity contribution < 1.29 is 19.4 Å². The molecule has 6 nitrogen and oxygen atoms in total. The van der Waals surface area contributed by atoms with Crippen molar-refractivity contribution in [1.82, 2.24) is 10.6 Å². The summed E-state index contributed by atoms with van der Waals surface area (Å²) in [6.45, 7) is 3.36. The smallest absolute Gasteiger partial charge is 0.315 e. The van der Waals surface area contributed by atoms with Gasteiger partial charge in [-0.15, -0.1) is 0 Å². The minimum atomic E-state index is -0.853. The average molecular weight is 334 g/mol. The zero-order valence-corrected chi connectivity index (χ0v) is 14.0. The van der Waals surface area contributed by atoms with Crippen molar-refractivity contribution in [1.29, 1.82) is 0 Å². The molecule has 2 rings (SSSR count). The van der Waals surface area contributed by atoms with Gasteiger partial charge in [0, 0.05) is 25.1 Å². The molecule has 0 spiro atoms. The van der Waals surface area contributed by atoms with E-state index < -0.39 is 5.97 Å². The fraction of sp³-hybridized carbons (Fsp3) is 0.556. The lowest BCUT2D eigenvalue weighted by Gasteiger charge is -2.30. The van der Waals surface area contributed by atoms with Gasteiger partial charge in [-0.05, 0) is 30.7 Å². The van der Waals surface area contributed by atoms with E-state index in [2.05, 4.69) is 17.6 Å². The number of carboxylic acids is 1. The van der Waals surface area contributed by atoms with Crippen LogP contribution in [-0.2, 0) is 16.0 Å². The molecule has 2 amide bonds. The highest BCUT2D eigenvalue weighted by Crippen LogP contribution is 2.14. The van der Waals surface area contributed by atoms with Crippen molar-refractivity contribution in [3.05, 3.63) is 35.9 Å². The van der Waals surface area contributed by atoms with Gasteiger partial charge in [0.25, 0.3) is 0 Å². The summed E-state index contributed by atoms with van der Waals surface area (Å²) in [5.41, 5.74) is 1.08. The van der Waals surface area contributed by atoms with E-state index in [1.54, 1.807) is 0 Å². The summed E-state index contributed by atoms with van der Waals surface area (Å²) in [5, 5.41) is 14.8. The second-order valence-electron chi connectivity index (χ2n) is 6.38. The highest BCUT2D eigenvalue weighted by molar-refractivity contribution is 5.74. The minimum absolute atomic E-state index is 0.0332. The summed E-state index contributed by atoms with van der Waals surface area (Å²) < 4.78 is 5.38. The van der Waals surface area contributed by atoms with Gasteiger partial charge in [0.1, 0.15) is 0 Å². The molecule has 1 aromatic rings. The molecule has 1 aromatic carbocycles. The summed E-state index contributed by atoms with van der Waals surface area (Å²) in [6.07, 6.45) is 1.85. The third-order valence-corrected chi connectivity index (χ3v) is 4.32. The van der Waals surface area contributed by atoms with Gasteiger partial charge in [-0.1, -0.05) is 37.3 Å². The van der Waals surface area contributed by atoms with Gasteiger partial charge in [0.15, 0.2) is 0 Å². The molecule has 3 atom stereocenters. The molecule has 0 aliphatic carbocycles. The molecule has 0 bridgehead atoms. The molecular formula is C18H26N2O4. The maximum absolute atomic E-state index is 12.3. The first-order chi connectivity index (χ1) is 11.5. The Morgan fingerprint density at radius 1 is 1.33 bits per heavy atom. The van der Waals surface area contributed by atoms with Crippen molar-refractivity contribution in [3.8, 4) is 0 Å². The first-order valence-corrected chi connectivity index (χ1v) is 8.45. The quantitative estimate of drug-likeness (QED) is 0.713. The van der Waals surface area contributed by atoms with Crippen LogP contribution in [0.4, 0.5) is 4.79 Å². The average Bonchev–Trinajstić information content (AvgIpc) is 2.56. The van der Waals surface area contributed by atoms with E-state index in [-0.39, 0.29) is 30.5 Å². The topological polar surface area (TPSA) is 87.7 Å². The van der Waals surface area contributed by atoms with Crippen LogP contribution in [0, 0.1) is 5.92 Å². The van der Waals surface area contributed by atoms with Crippen LogP contribution in [0.15, 0.2) is 30.3 Å². The van der Waals surface area contributed by atoms with Crippen LogP contribution >= 0.6 is 0 Å². The zero-order valence-electron chi connectivity index (χ0n) is 14.0. The summed E-state index contributed by atoms with van der Waals surface area (Å²) in [5.74, 6) is -0.579. The Morgan fingerprint density at radius 3 is 2.75 bits per heavy atom. The molecule has 0 saturated carbocycles. The van der Waals surface area contributed by atoms with Gasteiger partial charge in [0.05, 0.1) is 6.61 Å². The third kappa shape index (κ3) is 6.20. The van der Waals surface area contributed by atoms with Gasteiger partial charge in [0.2, 0.25) is 0 Å². The number of ether oxygens (including phenoxy) is 1. The lowest BCUT2D eigenvalue weighted by molar-refractivity contribution is -0.137. The van der Waals surface area contributed by atoms with E-state index in [9.17, 15) is 9.59 Å². The molecular weight excluding hydrogens is 308 g/mol. The van der Waals surface area contributed by atoms with Crippen LogP contribution in [0.3, 0.4) is 0 Å². The first-order valence-electron chi connectivity index (χ1n) is 8.45. The Kier molecular flexibility index (Phi) is 7.06. The predicted molar refractivity (Wildman–Crippen MR) is 90.9 cm³/mol. The monoisotopic (exact) mass is 334 g/mol. The molecule has 132 valence electrons. The van der Waals surface area contributed by atoms with Crippen LogP contribution in [0.2, 0.25) is 0 Å². The second kappa shape index (κ2) is 9.27. The van der Waals surface area contributed by atoms with Crippen LogP contribution in [0.1, 0.15) is 31.7 Å². The molecule has 0 radical (unpaired) electrons. The van der Waals surface area contributed by atoms with Crippen LogP contribution in [-0.4, -0.2) is 42.4 Å². The number of carbonyl (C=O) groups excluding carboxylic acids is 1. The normalized spacial score (nSPS) is 21.7. The third-order valence-electron chi connectivity index (χ3n) is 4.32. The molecule has 1 aliphatic rings. The molecule has 1 fully saturated rings. The molecule has 6 heteroatoms. The fourth-order valence-corrected chi connectivity index (χ4v) is 2.91. The largest absolute Gasteiger partial charge is 0.481 e. The van der Waals surface area contributed by atoms with E-state index >= 15 is 0 Å². The Morgan fingerprint density at radius 2 is 2.08 bits per heavy atom. The fourth-order valence-electron chi connectivity index (χ4n) is 2.91. The number of carbonyl (C=O) groups is 2. The van der Waals surface area contributed by atoms with Crippen molar-refractivity contribution in [3.63, 3.8) is 0 Å². The van der Waals surface area contributed by atoms with Crippen molar-refractivity contribution in [2.45, 2.75) is 44.7 Å². The number of carboxylic acid groups (broad SMARTS) is 1. The van der Waals surface area contributed by atoms with Crippen molar-refractivity contribution in [2.24, 2.45) is 5.92 Å². The van der Waals surface area contributed by atoms with E-state index in [0.29, 0.717) is 26.1 Å². The Balaban J connectivity index is 1.90. The SMILES string of the molecule is CC1COCCC1NC(=O)NC(CCC(=O)O)Cc1ccccc1. The summed E-state index contributed by atoms with van der Waals surface area (Å²) in [7, 11) is 0. The van der Waals surface area contributed by atoms with Crippen LogP contribution in [0.5, 0.6) is 0 Å². The van der Waals surface area contributed by atoms with Gasteiger partial charge >= 0.3 is 12.0 Å². The number of benzene rings is 1. The van der Waals surface area contributed by atoms with Crippen LogP contribution in [0.25, 0.3) is 0 Å². The summed E-state index contributed by atoms with van der Waals surface area (Å²) in [6, 6.07) is 9.42. The summed E-state index contributed by atoms with van der Waals surface area (Å²) in [4.78, 5) is 23.2. The maximum Gasteiger partial charge on any atom is 0.315 e. The Bertz CT molecular complexity index is 535. The van der Waals surface area contributed by atoms with Crippen LogP contribution < -0.4 is 10.6 Å².